The summed E-state index contributed by atoms with van der Waals surface area (Å²) >= 11 is 0. The lowest BCUT2D eigenvalue weighted by molar-refractivity contribution is -0.0859. The first-order valence-corrected chi connectivity index (χ1v) is 6.10. The van der Waals surface area contributed by atoms with Crippen LogP contribution in [0.2, 0.25) is 0 Å². The van der Waals surface area contributed by atoms with Crippen molar-refractivity contribution in [3.63, 3.8) is 0 Å². The van der Waals surface area contributed by atoms with Crippen LogP contribution in [0.5, 0.6) is 5.75 Å². The number of likely N-dealkylation sites (tertiary alicyclic amines) is 1. The van der Waals surface area contributed by atoms with Gasteiger partial charge in [0.1, 0.15) is 12.4 Å². The molecule has 1 N–H and O–H groups in total. The quantitative estimate of drug-likeness (QED) is 0.863. The molecule has 94 valence electrons. The molecule has 1 aliphatic rings. The molecule has 0 unspecified atom stereocenters. The first kappa shape index (κ1) is 12.4. The van der Waals surface area contributed by atoms with E-state index in [1.165, 1.54) is 11.1 Å². The van der Waals surface area contributed by atoms with Crippen molar-refractivity contribution in [2.75, 3.05) is 26.2 Å². The number of aryl methyl sites for hydroxylation is 2. The summed E-state index contributed by atoms with van der Waals surface area (Å²) in [5.41, 5.74) is 1.97. The van der Waals surface area contributed by atoms with Crippen LogP contribution >= 0.6 is 0 Å². The van der Waals surface area contributed by atoms with Crippen molar-refractivity contribution in [1.82, 2.24) is 4.90 Å². The van der Waals surface area contributed by atoms with Crippen molar-refractivity contribution in [3.8, 4) is 5.75 Å². The predicted octanol–water partition coefficient (Wildman–Crippen LogP) is 1.75. The number of rotatable bonds is 4. The Kier molecular flexibility index (Phi) is 3.40. The second kappa shape index (κ2) is 4.67. The van der Waals surface area contributed by atoms with Crippen LogP contribution in [0.15, 0.2) is 18.2 Å². The highest BCUT2D eigenvalue weighted by molar-refractivity contribution is 5.32. The Labute approximate surface area is 103 Å². The molecule has 0 saturated carbocycles. The summed E-state index contributed by atoms with van der Waals surface area (Å²) in [4.78, 5) is 2.20. The second-order valence-corrected chi connectivity index (χ2v) is 5.38. The molecule has 1 aromatic rings. The minimum atomic E-state index is -0.486. The van der Waals surface area contributed by atoms with Crippen molar-refractivity contribution < 1.29 is 9.84 Å². The Morgan fingerprint density at radius 2 is 1.82 bits per heavy atom. The normalized spacial score (nSPS) is 18.8. The van der Waals surface area contributed by atoms with Crippen molar-refractivity contribution in [2.45, 2.75) is 26.4 Å². The highest BCUT2D eigenvalue weighted by atomic mass is 16.5. The van der Waals surface area contributed by atoms with E-state index in [-0.39, 0.29) is 0 Å². The van der Waals surface area contributed by atoms with Crippen LogP contribution in [0.4, 0.5) is 0 Å². The van der Waals surface area contributed by atoms with Gasteiger partial charge < -0.3 is 9.84 Å². The fraction of sp³-hybridized carbons (Fsp3) is 0.571. The van der Waals surface area contributed by atoms with Gasteiger partial charge in [0.15, 0.2) is 0 Å². The van der Waals surface area contributed by atoms with Crippen LogP contribution in [-0.2, 0) is 0 Å². The lowest BCUT2D eigenvalue weighted by atomic mass is 9.97. The predicted molar refractivity (Wildman–Crippen MR) is 68.5 cm³/mol. The summed E-state index contributed by atoms with van der Waals surface area (Å²) < 4.78 is 5.72. The first-order chi connectivity index (χ1) is 7.94. The average Bonchev–Trinajstić information content (AvgIpc) is 2.13. The number of aliphatic hydroxyl groups is 1. The van der Waals surface area contributed by atoms with E-state index in [4.69, 9.17) is 4.74 Å². The Hall–Kier alpha value is -1.06. The summed E-state index contributed by atoms with van der Waals surface area (Å²) in [5, 5.41) is 9.59. The van der Waals surface area contributed by atoms with Crippen molar-refractivity contribution in [3.05, 3.63) is 29.3 Å². The fourth-order valence-corrected chi connectivity index (χ4v) is 2.38. The molecule has 0 aliphatic carbocycles. The number of ether oxygens (including phenoxy) is 1. The lowest BCUT2D eigenvalue weighted by Crippen LogP contribution is -2.60. The Morgan fingerprint density at radius 3 is 2.35 bits per heavy atom. The van der Waals surface area contributed by atoms with Crippen LogP contribution in [0.25, 0.3) is 0 Å². The van der Waals surface area contributed by atoms with E-state index in [9.17, 15) is 5.11 Å². The molecular formula is C14H21NO2. The van der Waals surface area contributed by atoms with E-state index in [0.717, 1.165) is 25.4 Å². The van der Waals surface area contributed by atoms with Crippen molar-refractivity contribution in [1.29, 1.82) is 0 Å². The zero-order valence-corrected chi connectivity index (χ0v) is 10.9. The van der Waals surface area contributed by atoms with Gasteiger partial charge in [-0.3, -0.25) is 4.90 Å². The fourth-order valence-electron chi connectivity index (χ4n) is 2.38. The largest absolute Gasteiger partial charge is 0.492 e. The molecule has 3 nitrogen and oxygen atoms in total. The number of benzene rings is 1. The molecule has 0 bridgehead atoms. The van der Waals surface area contributed by atoms with Gasteiger partial charge >= 0.3 is 0 Å². The third kappa shape index (κ3) is 3.45. The number of hydrogen-bond donors (Lipinski definition) is 1. The van der Waals surface area contributed by atoms with Crippen molar-refractivity contribution in [2.24, 2.45) is 0 Å². The maximum Gasteiger partial charge on any atom is 0.119 e. The van der Waals surface area contributed by atoms with Gasteiger partial charge in [-0.15, -0.1) is 0 Å². The van der Waals surface area contributed by atoms with Crippen molar-refractivity contribution >= 4 is 0 Å². The van der Waals surface area contributed by atoms with Gasteiger partial charge in [0, 0.05) is 19.6 Å². The molecule has 0 amide bonds. The molecule has 1 aromatic carbocycles. The molecule has 0 aromatic heterocycles. The minimum Gasteiger partial charge on any atom is -0.492 e. The molecule has 0 radical (unpaired) electrons. The van der Waals surface area contributed by atoms with E-state index >= 15 is 0 Å². The highest BCUT2D eigenvalue weighted by Crippen LogP contribution is 2.20. The van der Waals surface area contributed by atoms with Gasteiger partial charge in [-0.25, -0.2) is 0 Å². The summed E-state index contributed by atoms with van der Waals surface area (Å²) in [7, 11) is 0. The molecule has 2 rings (SSSR count). The van der Waals surface area contributed by atoms with E-state index in [0.29, 0.717) is 6.61 Å². The van der Waals surface area contributed by atoms with E-state index in [1.54, 1.807) is 0 Å². The number of β-amino-alcohol motifs (C(OH)–C–C–N with tert-alkyl or cyclic N) is 1. The lowest BCUT2D eigenvalue weighted by Gasteiger charge is -2.44. The van der Waals surface area contributed by atoms with Crippen LogP contribution in [0, 0.1) is 13.8 Å². The maximum atomic E-state index is 9.59. The van der Waals surface area contributed by atoms with Crippen LogP contribution in [0.1, 0.15) is 18.1 Å². The molecule has 1 aliphatic heterocycles. The summed E-state index contributed by atoms with van der Waals surface area (Å²) in [5.74, 6) is 0.940. The third-order valence-electron chi connectivity index (χ3n) is 3.00. The Balaban J connectivity index is 1.75. The topological polar surface area (TPSA) is 32.7 Å². The monoisotopic (exact) mass is 235 g/mol. The zero-order chi connectivity index (χ0) is 12.5. The van der Waals surface area contributed by atoms with Gasteiger partial charge in [-0.05, 0) is 44.0 Å². The molecule has 0 atom stereocenters. The van der Waals surface area contributed by atoms with Crippen LogP contribution in [0.3, 0.4) is 0 Å². The zero-order valence-electron chi connectivity index (χ0n) is 10.9. The summed E-state index contributed by atoms with van der Waals surface area (Å²) in [6.07, 6.45) is 0. The van der Waals surface area contributed by atoms with E-state index < -0.39 is 5.60 Å². The smallest absolute Gasteiger partial charge is 0.119 e. The Morgan fingerprint density at radius 1 is 1.24 bits per heavy atom. The van der Waals surface area contributed by atoms with Gasteiger partial charge in [0.25, 0.3) is 0 Å². The summed E-state index contributed by atoms with van der Waals surface area (Å²) in [6, 6.07) is 6.25. The molecule has 1 saturated heterocycles. The molecule has 1 fully saturated rings. The average molecular weight is 235 g/mol. The molecular weight excluding hydrogens is 214 g/mol. The van der Waals surface area contributed by atoms with Gasteiger partial charge in [0.05, 0.1) is 5.60 Å². The van der Waals surface area contributed by atoms with Crippen LogP contribution in [-0.4, -0.2) is 41.8 Å². The maximum absolute atomic E-state index is 9.59. The molecule has 3 heteroatoms. The molecule has 0 spiro atoms. The minimum absolute atomic E-state index is 0.486. The second-order valence-electron chi connectivity index (χ2n) is 5.38. The first-order valence-electron chi connectivity index (χ1n) is 6.10. The third-order valence-corrected chi connectivity index (χ3v) is 3.00. The van der Waals surface area contributed by atoms with Gasteiger partial charge in [-0.2, -0.15) is 0 Å². The van der Waals surface area contributed by atoms with E-state index in [2.05, 4.69) is 36.9 Å². The van der Waals surface area contributed by atoms with E-state index in [1.807, 2.05) is 6.92 Å². The van der Waals surface area contributed by atoms with Crippen LogP contribution < -0.4 is 4.74 Å². The molecule has 1 heterocycles. The van der Waals surface area contributed by atoms with Gasteiger partial charge in [-0.1, -0.05) is 6.07 Å². The summed E-state index contributed by atoms with van der Waals surface area (Å²) in [6.45, 7) is 9.09. The number of hydrogen-bond acceptors (Lipinski definition) is 3. The molecule has 17 heavy (non-hydrogen) atoms. The SMILES string of the molecule is Cc1cc(C)cc(OCCN2CC(C)(O)C2)c1. The number of nitrogens with zero attached hydrogens (tertiary/aromatic N) is 1. The Bertz CT molecular complexity index is 373. The highest BCUT2D eigenvalue weighted by Gasteiger charge is 2.35. The van der Waals surface area contributed by atoms with Gasteiger partial charge in [0.2, 0.25) is 0 Å². The standard InChI is InChI=1S/C14H21NO2/c1-11-6-12(2)8-13(7-11)17-5-4-15-9-14(3,16)10-15/h6-8,16H,4-5,9-10H2,1-3H3.